The quantitative estimate of drug-likeness (QED) is 0.891. The third-order valence-corrected chi connectivity index (χ3v) is 3.64. The van der Waals surface area contributed by atoms with Crippen molar-refractivity contribution in [3.05, 3.63) is 40.8 Å². The van der Waals surface area contributed by atoms with Gasteiger partial charge >= 0.3 is 0 Å². The van der Waals surface area contributed by atoms with Crippen LogP contribution in [0, 0.1) is 0 Å². The minimum absolute atomic E-state index is 0.0333. The molecule has 19 heavy (non-hydrogen) atoms. The summed E-state index contributed by atoms with van der Waals surface area (Å²) in [6, 6.07) is 7.66. The van der Waals surface area contributed by atoms with Gasteiger partial charge in [0, 0.05) is 18.6 Å². The van der Waals surface area contributed by atoms with Crippen molar-refractivity contribution >= 4 is 10.8 Å². The lowest BCUT2D eigenvalue weighted by molar-refractivity contribution is 0.162. The molecule has 1 saturated heterocycles. The number of aryl methyl sites for hydroxylation is 1. The molecular weight excluding hydrogens is 240 g/mol. The molecule has 1 aliphatic rings. The number of nitrogens with zero attached hydrogens (tertiary/aromatic N) is 1. The smallest absolute Gasteiger partial charge is 0.258 e. The fraction of sp³-hybridized carbons (Fsp3) is 0.400. The van der Waals surface area contributed by atoms with Gasteiger partial charge in [-0.05, 0) is 55.6 Å². The van der Waals surface area contributed by atoms with E-state index in [-0.39, 0.29) is 11.7 Å². The summed E-state index contributed by atoms with van der Waals surface area (Å²) in [5, 5.41) is 5.00. The second kappa shape index (κ2) is 5.05. The molecule has 1 aromatic heterocycles. The number of benzene rings is 1. The molecule has 0 amide bonds. The number of nitrogens with one attached hydrogen (secondary N) is 1. The minimum atomic E-state index is 0.0333. The highest BCUT2D eigenvalue weighted by Gasteiger charge is 2.14. The maximum Gasteiger partial charge on any atom is 0.258 e. The Kier molecular flexibility index (Phi) is 3.25. The lowest BCUT2D eigenvalue weighted by atomic mass is 10.1. The first-order valence-corrected chi connectivity index (χ1v) is 6.71. The van der Waals surface area contributed by atoms with Crippen LogP contribution in [-0.4, -0.2) is 23.8 Å². The monoisotopic (exact) mass is 258 g/mol. The molecule has 1 aromatic carbocycles. The average molecular weight is 258 g/mol. The van der Waals surface area contributed by atoms with Crippen LogP contribution >= 0.6 is 0 Å². The van der Waals surface area contributed by atoms with Crippen molar-refractivity contribution in [2.75, 3.05) is 13.1 Å². The van der Waals surface area contributed by atoms with Crippen molar-refractivity contribution in [3.8, 4) is 5.75 Å². The number of rotatable bonds is 2. The van der Waals surface area contributed by atoms with Crippen molar-refractivity contribution in [1.29, 1.82) is 0 Å². The van der Waals surface area contributed by atoms with E-state index in [0.29, 0.717) is 0 Å². The van der Waals surface area contributed by atoms with Crippen molar-refractivity contribution in [3.63, 3.8) is 0 Å². The number of pyridine rings is 1. The molecule has 4 heteroatoms. The predicted octanol–water partition coefficient (Wildman–Crippen LogP) is 1.67. The van der Waals surface area contributed by atoms with Crippen molar-refractivity contribution in [2.45, 2.75) is 18.9 Å². The summed E-state index contributed by atoms with van der Waals surface area (Å²) in [5.41, 5.74) is 0.0333. The van der Waals surface area contributed by atoms with Crippen LogP contribution in [0.1, 0.15) is 12.8 Å². The average Bonchev–Trinajstić information content (AvgIpc) is 2.44. The Balaban J connectivity index is 1.89. The van der Waals surface area contributed by atoms with Crippen LogP contribution in [0.5, 0.6) is 5.75 Å². The van der Waals surface area contributed by atoms with Crippen molar-refractivity contribution in [2.24, 2.45) is 7.05 Å². The summed E-state index contributed by atoms with van der Waals surface area (Å²) in [6.45, 7) is 2.03. The van der Waals surface area contributed by atoms with Gasteiger partial charge in [-0.3, -0.25) is 4.79 Å². The fourth-order valence-corrected chi connectivity index (χ4v) is 2.50. The molecule has 0 spiro atoms. The molecule has 0 radical (unpaired) electrons. The summed E-state index contributed by atoms with van der Waals surface area (Å²) >= 11 is 0. The Morgan fingerprint density at radius 3 is 2.84 bits per heavy atom. The normalized spacial score (nSPS) is 16.7. The van der Waals surface area contributed by atoms with Gasteiger partial charge in [0.15, 0.2) is 0 Å². The number of piperidine rings is 1. The van der Waals surface area contributed by atoms with E-state index in [2.05, 4.69) is 5.32 Å². The van der Waals surface area contributed by atoms with Gasteiger partial charge < -0.3 is 14.6 Å². The van der Waals surface area contributed by atoms with Gasteiger partial charge in [-0.25, -0.2) is 0 Å². The van der Waals surface area contributed by atoms with Crippen LogP contribution in [0.2, 0.25) is 0 Å². The highest BCUT2D eigenvalue weighted by molar-refractivity contribution is 5.82. The Morgan fingerprint density at radius 1 is 1.26 bits per heavy atom. The van der Waals surface area contributed by atoms with Crippen LogP contribution in [0.3, 0.4) is 0 Å². The van der Waals surface area contributed by atoms with E-state index >= 15 is 0 Å². The third-order valence-electron chi connectivity index (χ3n) is 3.64. The Morgan fingerprint density at radius 2 is 2.05 bits per heavy atom. The highest BCUT2D eigenvalue weighted by Crippen LogP contribution is 2.21. The fourth-order valence-electron chi connectivity index (χ4n) is 2.50. The van der Waals surface area contributed by atoms with Gasteiger partial charge in [0.1, 0.15) is 11.9 Å². The molecule has 0 unspecified atom stereocenters. The number of ether oxygens (including phenoxy) is 1. The Bertz CT molecular complexity index is 642. The molecule has 1 aliphatic heterocycles. The summed E-state index contributed by atoms with van der Waals surface area (Å²) < 4.78 is 7.58. The predicted molar refractivity (Wildman–Crippen MR) is 75.7 cm³/mol. The second-order valence-corrected chi connectivity index (χ2v) is 5.05. The van der Waals surface area contributed by atoms with Crippen LogP contribution in [0.25, 0.3) is 10.8 Å². The van der Waals surface area contributed by atoms with Crippen molar-refractivity contribution < 1.29 is 4.74 Å². The zero-order valence-corrected chi connectivity index (χ0v) is 11.1. The molecule has 3 rings (SSSR count). The minimum Gasteiger partial charge on any atom is -0.490 e. The first-order valence-electron chi connectivity index (χ1n) is 6.71. The van der Waals surface area contributed by atoms with Gasteiger partial charge in [0.2, 0.25) is 0 Å². The van der Waals surface area contributed by atoms with E-state index < -0.39 is 0 Å². The zero-order chi connectivity index (χ0) is 13.2. The molecular formula is C15H18N2O2. The van der Waals surface area contributed by atoms with Gasteiger partial charge in [-0.1, -0.05) is 0 Å². The first-order chi connectivity index (χ1) is 9.24. The molecule has 2 heterocycles. The summed E-state index contributed by atoms with van der Waals surface area (Å²) in [4.78, 5) is 11.9. The van der Waals surface area contributed by atoms with Crippen LogP contribution in [0.15, 0.2) is 35.3 Å². The number of aromatic nitrogens is 1. The SMILES string of the molecule is Cn1ccc2cc(OC3CCNCC3)ccc2c1=O. The van der Waals surface area contributed by atoms with E-state index in [0.717, 1.165) is 42.5 Å². The molecule has 1 N–H and O–H groups in total. The molecule has 0 bridgehead atoms. The van der Waals surface area contributed by atoms with Crippen molar-refractivity contribution in [1.82, 2.24) is 9.88 Å². The van der Waals surface area contributed by atoms with Gasteiger partial charge in [0.05, 0.1) is 0 Å². The Hall–Kier alpha value is -1.81. The lowest BCUT2D eigenvalue weighted by Gasteiger charge is -2.23. The van der Waals surface area contributed by atoms with Gasteiger partial charge in [-0.15, -0.1) is 0 Å². The van der Waals surface area contributed by atoms with Crippen LogP contribution in [-0.2, 0) is 7.05 Å². The van der Waals surface area contributed by atoms with E-state index in [1.165, 1.54) is 0 Å². The second-order valence-electron chi connectivity index (χ2n) is 5.05. The molecule has 100 valence electrons. The maximum absolute atomic E-state index is 11.9. The van der Waals surface area contributed by atoms with E-state index in [9.17, 15) is 4.79 Å². The number of hydrogen-bond acceptors (Lipinski definition) is 3. The summed E-state index contributed by atoms with van der Waals surface area (Å²) in [5.74, 6) is 0.854. The van der Waals surface area contributed by atoms with Gasteiger partial charge in [-0.2, -0.15) is 0 Å². The van der Waals surface area contributed by atoms with Crippen LogP contribution in [0.4, 0.5) is 0 Å². The largest absolute Gasteiger partial charge is 0.490 e. The Labute approximate surface area is 112 Å². The molecule has 0 atom stereocenters. The standard InChI is InChI=1S/C15H18N2O2/c1-17-9-6-11-10-13(2-3-14(11)15(17)18)19-12-4-7-16-8-5-12/h2-3,6,9-10,12,16H,4-5,7-8H2,1H3. The van der Waals surface area contributed by atoms with E-state index in [4.69, 9.17) is 4.74 Å². The summed E-state index contributed by atoms with van der Waals surface area (Å²) in [6.07, 6.45) is 4.15. The molecule has 0 saturated carbocycles. The topological polar surface area (TPSA) is 43.3 Å². The summed E-state index contributed by atoms with van der Waals surface area (Å²) in [7, 11) is 1.77. The highest BCUT2D eigenvalue weighted by atomic mass is 16.5. The number of fused-ring (bicyclic) bond motifs is 1. The number of hydrogen-bond donors (Lipinski definition) is 1. The molecule has 1 fully saturated rings. The van der Waals surface area contributed by atoms with E-state index in [1.807, 2.05) is 24.3 Å². The zero-order valence-electron chi connectivity index (χ0n) is 11.1. The first kappa shape index (κ1) is 12.2. The molecule has 4 nitrogen and oxygen atoms in total. The third kappa shape index (κ3) is 2.49. The molecule has 0 aliphatic carbocycles. The maximum atomic E-state index is 11.9. The van der Waals surface area contributed by atoms with Gasteiger partial charge in [0.25, 0.3) is 5.56 Å². The lowest BCUT2D eigenvalue weighted by Crippen LogP contribution is -2.34. The molecule has 2 aromatic rings. The van der Waals surface area contributed by atoms with E-state index in [1.54, 1.807) is 17.8 Å². The van der Waals surface area contributed by atoms with Crippen LogP contribution < -0.4 is 15.6 Å².